The predicted molar refractivity (Wildman–Crippen MR) is 127 cm³/mol. The molecular formula is C25H28N6O2. The Bertz CT molecular complexity index is 1320. The molecule has 0 spiro atoms. The summed E-state index contributed by atoms with van der Waals surface area (Å²) >= 11 is 0. The van der Waals surface area contributed by atoms with Crippen molar-refractivity contribution in [1.82, 2.24) is 30.0 Å². The number of hydrogen-bond donors (Lipinski definition) is 1. The molecule has 0 aliphatic rings. The van der Waals surface area contributed by atoms with Crippen LogP contribution in [0.5, 0.6) is 0 Å². The van der Waals surface area contributed by atoms with Crippen LogP contribution in [0.3, 0.4) is 0 Å². The minimum Gasteiger partial charge on any atom is -0.415 e. The molecule has 0 atom stereocenters. The summed E-state index contributed by atoms with van der Waals surface area (Å²) in [4.78, 5) is 21.0. The highest BCUT2D eigenvalue weighted by atomic mass is 16.4. The molecule has 33 heavy (non-hydrogen) atoms. The quantitative estimate of drug-likeness (QED) is 0.468. The van der Waals surface area contributed by atoms with Crippen molar-refractivity contribution in [2.45, 2.75) is 52.7 Å². The molecule has 0 radical (unpaired) electrons. The second-order valence-electron chi connectivity index (χ2n) is 9.26. The van der Waals surface area contributed by atoms with Crippen LogP contribution in [0.1, 0.15) is 46.2 Å². The van der Waals surface area contributed by atoms with Crippen LogP contribution in [-0.2, 0) is 6.54 Å². The fraction of sp³-hybridized carbons (Fsp3) is 0.320. The van der Waals surface area contributed by atoms with Crippen LogP contribution in [0.4, 0.5) is 0 Å². The third-order valence-electron chi connectivity index (χ3n) is 5.07. The van der Waals surface area contributed by atoms with Gasteiger partial charge in [0.25, 0.3) is 11.4 Å². The molecule has 0 aliphatic carbocycles. The molecule has 8 nitrogen and oxygen atoms in total. The van der Waals surface area contributed by atoms with Gasteiger partial charge in [-0.25, -0.2) is 4.98 Å². The SMILES string of the molecule is CC(C)n1cc(-c2cncc(-c3nnc(-c4cccc(CNC(C)(C)C)c4)o3)n2)ccc1=O. The van der Waals surface area contributed by atoms with Crippen LogP contribution in [0.25, 0.3) is 34.3 Å². The lowest BCUT2D eigenvalue weighted by molar-refractivity contribution is 0.424. The van der Waals surface area contributed by atoms with Gasteiger partial charge in [-0.2, -0.15) is 0 Å². The molecule has 3 heterocycles. The van der Waals surface area contributed by atoms with Gasteiger partial charge >= 0.3 is 0 Å². The Morgan fingerprint density at radius 1 is 1.00 bits per heavy atom. The highest BCUT2D eigenvalue weighted by molar-refractivity contribution is 5.61. The average Bonchev–Trinajstić information content (AvgIpc) is 3.28. The Kier molecular flexibility index (Phi) is 6.20. The zero-order chi connectivity index (χ0) is 23.6. The highest BCUT2D eigenvalue weighted by Crippen LogP contribution is 2.25. The average molecular weight is 445 g/mol. The van der Waals surface area contributed by atoms with E-state index in [9.17, 15) is 4.79 Å². The monoisotopic (exact) mass is 444 g/mol. The molecule has 4 aromatic rings. The zero-order valence-corrected chi connectivity index (χ0v) is 19.5. The Balaban J connectivity index is 1.60. The largest absolute Gasteiger partial charge is 0.415 e. The second-order valence-corrected chi connectivity index (χ2v) is 9.26. The summed E-state index contributed by atoms with van der Waals surface area (Å²) in [6.45, 7) is 11.1. The first kappa shape index (κ1) is 22.5. The smallest absolute Gasteiger partial charge is 0.268 e. The number of pyridine rings is 1. The van der Waals surface area contributed by atoms with Crippen molar-refractivity contribution >= 4 is 0 Å². The highest BCUT2D eigenvalue weighted by Gasteiger charge is 2.15. The van der Waals surface area contributed by atoms with Gasteiger partial charge in [0, 0.05) is 41.5 Å². The van der Waals surface area contributed by atoms with Crippen LogP contribution in [-0.4, -0.2) is 30.3 Å². The van der Waals surface area contributed by atoms with Crippen LogP contribution < -0.4 is 10.9 Å². The standard InChI is InChI=1S/C25H28N6O2/c1-16(2)31-15-19(9-10-22(31)32)20-13-26-14-21(28-20)24-30-29-23(33-24)18-8-6-7-17(11-18)12-27-25(3,4)5/h6-11,13-16,27H,12H2,1-5H3. The molecule has 0 bridgehead atoms. The van der Waals surface area contributed by atoms with Crippen molar-refractivity contribution in [1.29, 1.82) is 0 Å². The summed E-state index contributed by atoms with van der Waals surface area (Å²) in [5.74, 6) is 0.706. The summed E-state index contributed by atoms with van der Waals surface area (Å²) in [5, 5.41) is 11.9. The second kappa shape index (κ2) is 9.07. The van der Waals surface area contributed by atoms with E-state index in [0.29, 0.717) is 17.3 Å². The van der Waals surface area contributed by atoms with Gasteiger partial charge < -0.3 is 14.3 Å². The van der Waals surface area contributed by atoms with Crippen molar-refractivity contribution in [3.8, 4) is 34.3 Å². The van der Waals surface area contributed by atoms with Crippen molar-refractivity contribution in [3.05, 3.63) is 70.9 Å². The molecule has 0 amide bonds. The van der Waals surface area contributed by atoms with Crippen molar-refractivity contribution in [3.63, 3.8) is 0 Å². The Labute approximate surface area is 192 Å². The zero-order valence-electron chi connectivity index (χ0n) is 19.5. The van der Waals surface area contributed by atoms with Crippen LogP contribution in [0.15, 0.2) is 64.2 Å². The fourth-order valence-corrected chi connectivity index (χ4v) is 3.29. The first-order chi connectivity index (χ1) is 15.7. The van der Waals surface area contributed by atoms with E-state index in [4.69, 9.17) is 4.42 Å². The van der Waals surface area contributed by atoms with E-state index in [-0.39, 0.29) is 23.0 Å². The van der Waals surface area contributed by atoms with Gasteiger partial charge in [-0.15, -0.1) is 10.2 Å². The summed E-state index contributed by atoms with van der Waals surface area (Å²) in [6, 6.07) is 11.3. The maximum atomic E-state index is 12.1. The molecule has 1 N–H and O–H groups in total. The summed E-state index contributed by atoms with van der Waals surface area (Å²) < 4.78 is 7.59. The Morgan fingerprint density at radius 2 is 1.76 bits per heavy atom. The number of benzene rings is 1. The molecule has 1 aromatic carbocycles. The molecule has 3 aromatic heterocycles. The van der Waals surface area contributed by atoms with Gasteiger partial charge in [0.1, 0.15) is 5.69 Å². The van der Waals surface area contributed by atoms with E-state index in [1.807, 2.05) is 32.0 Å². The van der Waals surface area contributed by atoms with E-state index in [1.54, 1.807) is 29.2 Å². The van der Waals surface area contributed by atoms with E-state index in [0.717, 1.165) is 23.2 Å². The lowest BCUT2D eigenvalue weighted by Crippen LogP contribution is -2.35. The number of nitrogens with one attached hydrogen (secondary N) is 1. The minimum atomic E-state index is -0.0562. The van der Waals surface area contributed by atoms with Crippen molar-refractivity contribution in [2.75, 3.05) is 0 Å². The van der Waals surface area contributed by atoms with Crippen molar-refractivity contribution in [2.24, 2.45) is 0 Å². The topological polar surface area (TPSA) is 98.7 Å². The fourth-order valence-electron chi connectivity index (χ4n) is 3.29. The number of aromatic nitrogens is 5. The predicted octanol–water partition coefficient (Wildman–Crippen LogP) is 4.49. The van der Waals surface area contributed by atoms with Crippen molar-refractivity contribution < 1.29 is 4.42 Å². The lowest BCUT2D eigenvalue weighted by atomic mass is 10.1. The number of rotatable bonds is 6. The third-order valence-corrected chi connectivity index (χ3v) is 5.07. The van der Waals surface area contributed by atoms with Gasteiger partial charge in [0.05, 0.1) is 18.1 Å². The third kappa shape index (κ3) is 5.40. The van der Waals surface area contributed by atoms with Crippen LogP contribution in [0.2, 0.25) is 0 Å². The lowest BCUT2D eigenvalue weighted by Gasteiger charge is -2.20. The van der Waals surface area contributed by atoms with E-state index in [1.165, 1.54) is 6.07 Å². The Hall–Kier alpha value is -3.65. The molecule has 0 saturated heterocycles. The van der Waals surface area contributed by atoms with Gasteiger partial charge in [-0.1, -0.05) is 12.1 Å². The van der Waals surface area contributed by atoms with Gasteiger partial charge in [-0.05, 0) is 58.4 Å². The molecular weight excluding hydrogens is 416 g/mol. The summed E-state index contributed by atoms with van der Waals surface area (Å²) in [6.07, 6.45) is 5.02. The summed E-state index contributed by atoms with van der Waals surface area (Å²) in [7, 11) is 0. The normalized spacial score (nSPS) is 11.8. The number of nitrogens with zero attached hydrogens (tertiary/aromatic N) is 5. The molecule has 8 heteroatoms. The van der Waals surface area contributed by atoms with Gasteiger partial charge in [-0.3, -0.25) is 9.78 Å². The molecule has 0 saturated carbocycles. The molecule has 4 rings (SSSR count). The molecule has 0 aliphatic heterocycles. The molecule has 0 fully saturated rings. The van der Waals surface area contributed by atoms with Crippen LogP contribution >= 0.6 is 0 Å². The van der Waals surface area contributed by atoms with E-state index >= 15 is 0 Å². The maximum absolute atomic E-state index is 12.1. The molecule has 0 unspecified atom stereocenters. The first-order valence-corrected chi connectivity index (χ1v) is 10.9. The molecule has 170 valence electrons. The van der Waals surface area contributed by atoms with E-state index in [2.05, 4.69) is 52.3 Å². The van der Waals surface area contributed by atoms with Gasteiger partial charge in [0.15, 0.2) is 0 Å². The van der Waals surface area contributed by atoms with Gasteiger partial charge in [0.2, 0.25) is 5.89 Å². The first-order valence-electron chi connectivity index (χ1n) is 10.9. The van der Waals surface area contributed by atoms with E-state index < -0.39 is 0 Å². The minimum absolute atomic E-state index is 0.0276. The Morgan fingerprint density at radius 3 is 2.52 bits per heavy atom. The van der Waals surface area contributed by atoms with Crippen LogP contribution in [0, 0.1) is 0 Å². The summed E-state index contributed by atoms with van der Waals surface area (Å²) in [5.41, 5.74) is 3.82. The number of hydrogen-bond acceptors (Lipinski definition) is 7. The maximum Gasteiger partial charge on any atom is 0.268 e.